The Morgan fingerprint density at radius 1 is 1.75 bits per heavy atom. The van der Waals surface area contributed by atoms with Gasteiger partial charge in [-0.25, -0.2) is 0 Å². The van der Waals surface area contributed by atoms with E-state index < -0.39 is 0 Å². The quantitative estimate of drug-likeness (QED) is 0.757. The first-order valence-corrected chi connectivity index (χ1v) is 6.08. The lowest BCUT2D eigenvalue weighted by atomic mass is 10.3. The Kier molecular flexibility index (Phi) is 3.28. The van der Waals surface area contributed by atoms with Crippen LogP contribution in [0.4, 0.5) is 0 Å². The maximum Gasteiger partial charge on any atom is 0.252 e. The largest absolute Gasteiger partial charge is 0.384 e. The van der Waals surface area contributed by atoms with E-state index in [-0.39, 0.29) is 12.5 Å². The monoisotopic (exact) mass is 235 g/mol. The van der Waals surface area contributed by atoms with E-state index in [9.17, 15) is 4.79 Å². The van der Waals surface area contributed by atoms with Gasteiger partial charge in [0.25, 0.3) is 5.91 Å². The molecule has 0 aliphatic heterocycles. The Bertz CT molecular complexity index is 455. The van der Waals surface area contributed by atoms with Crippen molar-refractivity contribution in [3.05, 3.63) is 21.9 Å². The van der Waals surface area contributed by atoms with E-state index >= 15 is 0 Å². The number of aliphatic hydroxyl groups is 1. The molecule has 1 heterocycles. The van der Waals surface area contributed by atoms with Crippen LogP contribution in [-0.2, 0) is 0 Å². The van der Waals surface area contributed by atoms with Crippen molar-refractivity contribution in [1.29, 1.82) is 0 Å². The third kappa shape index (κ3) is 2.63. The minimum absolute atomic E-state index is 0.0253. The van der Waals surface area contributed by atoms with Gasteiger partial charge in [0.15, 0.2) is 0 Å². The zero-order valence-corrected chi connectivity index (χ0v) is 9.80. The van der Waals surface area contributed by atoms with E-state index in [1.165, 1.54) is 11.3 Å². The Morgan fingerprint density at radius 3 is 3.12 bits per heavy atom. The molecule has 2 N–H and O–H groups in total. The van der Waals surface area contributed by atoms with Gasteiger partial charge in [0.2, 0.25) is 0 Å². The van der Waals surface area contributed by atoms with Gasteiger partial charge in [-0.3, -0.25) is 4.79 Å². The van der Waals surface area contributed by atoms with Crippen LogP contribution in [0.25, 0.3) is 0 Å². The van der Waals surface area contributed by atoms with E-state index in [2.05, 4.69) is 24.1 Å². The lowest BCUT2D eigenvalue weighted by Crippen LogP contribution is -2.25. The van der Waals surface area contributed by atoms with Crippen molar-refractivity contribution in [2.75, 3.05) is 6.61 Å². The standard InChI is InChI=1S/C12H13NO2S/c1-8-5-11(8)13-12(15)9-6-10(16-7-9)3-2-4-14/h6-8,11,14H,4-5H2,1H3,(H,13,15). The van der Waals surface area contributed by atoms with E-state index in [1.54, 1.807) is 11.4 Å². The summed E-state index contributed by atoms with van der Waals surface area (Å²) in [5.74, 6) is 5.93. The Hall–Kier alpha value is -1.31. The molecule has 2 unspecified atom stereocenters. The molecule has 1 aromatic heterocycles. The molecule has 1 aromatic rings. The van der Waals surface area contributed by atoms with Crippen LogP contribution in [0.15, 0.2) is 11.4 Å². The van der Waals surface area contributed by atoms with E-state index in [0.29, 0.717) is 17.5 Å². The number of carbonyl (C=O) groups is 1. The fraction of sp³-hybridized carbons (Fsp3) is 0.417. The lowest BCUT2D eigenvalue weighted by molar-refractivity contribution is 0.0950. The van der Waals surface area contributed by atoms with Crippen LogP contribution in [0.3, 0.4) is 0 Å². The zero-order chi connectivity index (χ0) is 11.5. The molecule has 1 aliphatic rings. The van der Waals surface area contributed by atoms with Crippen LogP contribution in [0.1, 0.15) is 28.6 Å². The molecular weight excluding hydrogens is 222 g/mol. The minimum Gasteiger partial charge on any atom is -0.384 e. The summed E-state index contributed by atoms with van der Waals surface area (Å²) in [5.41, 5.74) is 0.659. The van der Waals surface area contributed by atoms with Crippen molar-refractivity contribution in [2.24, 2.45) is 5.92 Å². The van der Waals surface area contributed by atoms with Gasteiger partial charge in [0.1, 0.15) is 6.61 Å². The Balaban J connectivity index is 1.98. The molecule has 0 bridgehead atoms. The van der Waals surface area contributed by atoms with Crippen molar-refractivity contribution >= 4 is 17.2 Å². The summed E-state index contributed by atoms with van der Waals surface area (Å²) in [7, 11) is 0. The molecule has 0 saturated heterocycles. The molecule has 4 heteroatoms. The van der Waals surface area contributed by atoms with Gasteiger partial charge in [-0.2, -0.15) is 0 Å². The maximum atomic E-state index is 11.7. The summed E-state index contributed by atoms with van der Waals surface area (Å²) in [5, 5.41) is 13.3. The Morgan fingerprint density at radius 2 is 2.50 bits per heavy atom. The van der Waals surface area contributed by atoms with Gasteiger partial charge < -0.3 is 10.4 Å². The molecule has 1 amide bonds. The molecule has 1 fully saturated rings. The molecule has 0 aromatic carbocycles. The van der Waals surface area contributed by atoms with Crippen LogP contribution in [-0.4, -0.2) is 23.7 Å². The molecular formula is C12H13NO2S. The molecule has 0 radical (unpaired) electrons. The first-order chi connectivity index (χ1) is 7.70. The number of carbonyl (C=O) groups excluding carboxylic acids is 1. The predicted molar refractivity (Wildman–Crippen MR) is 63.3 cm³/mol. The van der Waals surface area contributed by atoms with Crippen LogP contribution in [0.2, 0.25) is 0 Å². The van der Waals surface area contributed by atoms with Crippen LogP contribution < -0.4 is 5.32 Å². The summed E-state index contributed by atoms with van der Waals surface area (Å²) in [6.45, 7) is 1.97. The van der Waals surface area contributed by atoms with Gasteiger partial charge >= 0.3 is 0 Å². The normalized spacial score (nSPS) is 22.1. The molecule has 3 nitrogen and oxygen atoms in total. The maximum absolute atomic E-state index is 11.7. The van der Waals surface area contributed by atoms with Gasteiger partial charge in [-0.15, -0.1) is 11.3 Å². The van der Waals surface area contributed by atoms with Crippen molar-refractivity contribution in [3.63, 3.8) is 0 Å². The second-order valence-corrected chi connectivity index (χ2v) is 4.86. The van der Waals surface area contributed by atoms with Gasteiger partial charge in [0, 0.05) is 11.4 Å². The highest BCUT2D eigenvalue weighted by Gasteiger charge is 2.34. The second-order valence-electron chi connectivity index (χ2n) is 3.95. The third-order valence-electron chi connectivity index (χ3n) is 2.58. The summed E-state index contributed by atoms with van der Waals surface area (Å²) in [4.78, 5) is 12.5. The topological polar surface area (TPSA) is 49.3 Å². The first kappa shape index (κ1) is 11.2. The van der Waals surface area contributed by atoms with Gasteiger partial charge in [-0.05, 0) is 18.4 Å². The molecule has 84 valence electrons. The van der Waals surface area contributed by atoms with Crippen molar-refractivity contribution in [3.8, 4) is 11.8 Å². The van der Waals surface area contributed by atoms with Crippen molar-refractivity contribution in [2.45, 2.75) is 19.4 Å². The fourth-order valence-corrected chi connectivity index (χ4v) is 2.18. The average molecular weight is 235 g/mol. The van der Waals surface area contributed by atoms with Crippen molar-refractivity contribution < 1.29 is 9.90 Å². The van der Waals surface area contributed by atoms with E-state index in [4.69, 9.17) is 5.11 Å². The number of hydrogen-bond donors (Lipinski definition) is 2. The molecule has 16 heavy (non-hydrogen) atoms. The highest BCUT2D eigenvalue weighted by molar-refractivity contribution is 7.10. The fourth-order valence-electron chi connectivity index (χ4n) is 1.42. The molecule has 2 atom stereocenters. The SMILES string of the molecule is CC1CC1NC(=O)c1csc(C#CCO)c1. The van der Waals surface area contributed by atoms with E-state index in [0.717, 1.165) is 11.3 Å². The number of aliphatic hydroxyl groups excluding tert-OH is 1. The molecule has 1 saturated carbocycles. The smallest absolute Gasteiger partial charge is 0.252 e. The highest BCUT2D eigenvalue weighted by atomic mass is 32.1. The number of thiophene rings is 1. The first-order valence-electron chi connectivity index (χ1n) is 5.20. The summed E-state index contributed by atoms with van der Waals surface area (Å²) < 4.78 is 0. The average Bonchev–Trinajstić information content (AvgIpc) is 2.81. The van der Waals surface area contributed by atoms with E-state index in [1.807, 2.05) is 0 Å². The number of amides is 1. The highest BCUT2D eigenvalue weighted by Crippen LogP contribution is 2.29. The number of rotatable bonds is 2. The number of nitrogens with one attached hydrogen (secondary N) is 1. The molecule has 0 spiro atoms. The van der Waals surface area contributed by atoms with Crippen molar-refractivity contribution in [1.82, 2.24) is 5.32 Å². The predicted octanol–water partition coefficient (Wildman–Crippen LogP) is 1.23. The third-order valence-corrected chi connectivity index (χ3v) is 3.42. The van der Waals surface area contributed by atoms with Gasteiger partial charge in [-0.1, -0.05) is 18.8 Å². The zero-order valence-electron chi connectivity index (χ0n) is 8.99. The summed E-state index contributed by atoms with van der Waals surface area (Å²) >= 11 is 1.42. The Labute approximate surface area is 98.5 Å². The van der Waals surface area contributed by atoms with Crippen LogP contribution in [0, 0.1) is 17.8 Å². The molecule has 1 aliphatic carbocycles. The summed E-state index contributed by atoms with van der Waals surface area (Å²) in [6, 6.07) is 2.11. The van der Waals surface area contributed by atoms with Crippen LogP contribution >= 0.6 is 11.3 Å². The minimum atomic E-state index is -0.154. The second kappa shape index (κ2) is 4.69. The molecule has 2 rings (SSSR count). The number of hydrogen-bond acceptors (Lipinski definition) is 3. The van der Waals surface area contributed by atoms with Crippen LogP contribution in [0.5, 0.6) is 0 Å². The lowest BCUT2D eigenvalue weighted by Gasteiger charge is -1.99. The summed E-state index contributed by atoms with van der Waals surface area (Å²) in [6.07, 6.45) is 1.08. The van der Waals surface area contributed by atoms with Gasteiger partial charge in [0.05, 0.1) is 10.4 Å².